The zero-order valence-electron chi connectivity index (χ0n) is 14.1. The summed E-state index contributed by atoms with van der Waals surface area (Å²) in [5.74, 6) is -2.58. The van der Waals surface area contributed by atoms with Crippen LogP contribution in [0.4, 0.5) is 0 Å². The zero-order valence-corrected chi connectivity index (χ0v) is 17.1. The van der Waals surface area contributed by atoms with Gasteiger partial charge < -0.3 is 9.84 Å². The number of aromatic hydroxyl groups is 1. The molecule has 4 nitrogen and oxygen atoms in total. The quantitative estimate of drug-likeness (QED) is 0.676. The van der Waals surface area contributed by atoms with Crippen molar-refractivity contribution in [1.29, 1.82) is 0 Å². The second-order valence-electron chi connectivity index (χ2n) is 6.24. The van der Waals surface area contributed by atoms with Crippen LogP contribution in [-0.4, -0.2) is 33.5 Å². The van der Waals surface area contributed by atoms with Crippen LogP contribution in [0.2, 0.25) is 0 Å². The summed E-state index contributed by atoms with van der Waals surface area (Å²) < 4.78 is 5.15. The summed E-state index contributed by atoms with van der Waals surface area (Å²) in [5, 5.41) is 9.73. The molecule has 0 amide bonds. The number of allylic oxidation sites excluding steroid dienone is 5. The number of hydrogen-bond donors (Lipinski definition) is 1. The number of rotatable bonds is 3. The Morgan fingerprint density at radius 1 is 1.22 bits per heavy atom. The van der Waals surface area contributed by atoms with E-state index < -0.39 is 37.3 Å². The first-order valence-corrected chi connectivity index (χ1v) is 9.37. The number of alkyl halides is 2. The Morgan fingerprint density at radius 2 is 1.85 bits per heavy atom. The van der Waals surface area contributed by atoms with Crippen LogP contribution in [0.1, 0.15) is 17.9 Å². The molecule has 0 spiro atoms. The van der Waals surface area contributed by atoms with E-state index in [2.05, 4.69) is 6.58 Å². The van der Waals surface area contributed by atoms with Gasteiger partial charge in [-0.1, -0.05) is 54.1 Å². The number of phenolic OH excluding ortho intramolecular Hbond substituents is 1. The van der Waals surface area contributed by atoms with Gasteiger partial charge in [0.2, 0.25) is 0 Å². The number of benzene rings is 1. The molecule has 3 unspecified atom stereocenters. The Bertz CT molecular complexity index is 936. The highest BCUT2D eigenvalue weighted by molar-refractivity contribution is 6.66. The molecule has 0 saturated carbocycles. The Balaban J connectivity index is 2.37. The lowest BCUT2D eigenvalue weighted by molar-refractivity contribution is -0.127. The van der Waals surface area contributed by atoms with Gasteiger partial charge in [-0.15, -0.1) is 23.2 Å². The molecule has 2 aliphatic carbocycles. The lowest BCUT2D eigenvalue weighted by atomic mass is 9.62. The second-order valence-corrected chi connectivity index (χ2v) is 8.24. The fourth-order valence-electron chi connectivity index (χ4n) is 3.62. The summed E-state index contributed by atoms with van der Waals surface area (Å²) in [5.41, 5.74) is 0.775. The van der Waals surface area contributed by atoms with Crippen LogP contribution in [0, 0.1) is 0 Å². The maximum atomic E-state index is 13.1. The van der Waals surface area contributed by atoms with E-state index in [0.29, 0.717) is 5.57 Å². The number of halogens is 4. The van der Waals surface area contributed by atoms with Gasteiger partial charge in [0, 0.05) is 11.5 Å². The molecule has 0 bridgehead atoms. The number of carbonyl (C=O) groups excluding carboxylic acids is 2. The number of ketones is 2. The van der Waals surface area contributed by atoms with E-state index in [4.69, 9.17) is 51.1 Å². The highest BCUT2D eigenvalue weighted by Gasteiger charge is 2.68. The smallest absolute Gasteiger partial charge is 0.199 e. The minimum Gasteiger partial charge on any atom is -0.504 e. The van der Waals surface area contributed by atoms with Crippen LogP contribution < -0.4 is 4.74 Å². The molecule has 1 aromatic carbocycles. The van der Waals surface area contributed by atoms with Gasteiger partial charge in [0.25, 0.3) is 0 Å². The third-order valence-electron chi connectivity index (χ3n) is 5.01. The maximum absolute atomic E-state index is 13.1. The highest BCUT2D eigenvalue weighted by atomic mass is 35.5. The predicted octanol–water partition coefficient (Wildman–Crippen LogP) is 4.80. The van der Waals surface area contributed by atoms with Crippen LogP contribution >= 0.6 is 46.4 Å². The van der Waals surface area contributed by atoms with E-state index in [1.807, 2.05) is 0 Å². The number of Topliss-reactive ketones (excluding diaryl/α,β-unsaturated/α-hetero) is 2. The first-order chi connectivity index (χ1) is 12.6. The maximum Gasteiger partial charge on any atom is 0.199 e. The molecule has 0 radical (unpaired) electrons. The molecular formula is C19H14Cl4O4. The SMILES string of the molecule is C=CC1=CCC2(Cl)C(=O)C(Cl)=C(Cl)C(=O)C2(Cl)C1c1cccc(OC)c1O. The molecule has 0 aromatic heterocycles. The van der Waals surface area contributed by atoms with Crippen LogP contribution in [-0.2, 0) is 9.59 Å². The van der Waals surface area contributed by atoms with Crippen molar-refractivity contribution in [2.75, 3.05) is 7.11 Å². The molecule has 3 rings (SSSR count). The van der Waals surface area contributed by atoms with Crippen molar-refractivity contribution in [3.63, 3.8) is 0 Å². The molecule has 2 aliphatic rings. The minimum absolute atomic E-state index is 0.0500. The highest BCUT2D eigenvalue weighted by Crippen LogP contribution is 2.60. The number of ether oxygens (including phenoxy) is 1. The van der Waals surface area contributed by atoms with Crippen molar-refractivity contribution in [3.8, 4) is 11.5 Å². The third-order valence-corrected chi connectivity index (χ3v) is 7.26. The standard InChI is InChI=1S/C19H14Cl4O4/c1-3-9-7-8-18(22)16(25)13(20)14(21)17(26)19(18,23)12(9)10-5-4-6-11(27-2)15(10)24/h3-7,12,24H,1,8H2,2H3. The normalized spacial score (nSPS) is 30.7. The largest absolute Gasteiger partial charge is 0.504 e. The lowest BCUT2D eigenvalue weighted by Crippen LogP contribution is -2.64. The van der Waals surface area contributed by atoms with Gasteiger partial charge in [-0.25, -0.2) is 0 Å². The number of fused-ring (bicyclic) bond motifs is 1. The summed E-state index contributed by atoms with van der Waals surface area (Å²) in [6.07, 6.45) is 3.10. The Morgan fingerprint density at radius 3 is 2.44 bits per heavy atom. The summed E-state index contributed by atoms with van der Waals surface area (Å²) in [4.78, 5) is 22.1. The van der Waals surface area contributed by atoms with Gasteiger partial charge in [-0.2, -0.15) is 0 Å². The number of para-hydroxylation sites is 1. The van der Waals surface area contributed by atoms with Gasteiger partial charge in [-0.05, 0) is 18.1 Å². The van der Waals surface area contributed by atoms with E-state index >= 15 is 0 Å². The van der Waals surface area contributed by atoms with E-state index in [9.17, 15) is 14.7 Å². The van der Waals surface area contributed by atoms with Crippen LogP contribution in [0.3, 0.4) is 0 Å². The molecule has 0 saturated heterocycles. The fourth-order valence-corrected chi connectivity index (χ4v) is 5.06. The number of hydrogen-bond acceptors (Lipinski definition) is 4. The first kappa shape index (κ1) is 20.3. The van der Waals surface area contributed by atoms with Gasteiger partial charge >= 0.3 is 0 Å². The molecule has 8 heteroatoms. The molecule has 1 N–H and O–H groups in total. The van der Waals surface area contributed by atoms with Crippen molar-refractivity contribution in [2.45, 2.75) is 22.1 Å². The second kappa shape index (κ2) is 6.85. The van der Waals surface area contributed by atoms with Crippen molar-refractivity contribution < 1.29 is 19.4 Å². The molecule has 0 aliphatic heterocycles. The topological polar surface area (TPSA) is 63.6 Å². The first-order valence-electron chi connectivity index (χ1n) is 7.86. The van der Waals surface area contributed by atoms with Crippen molar-refractivity contribution >= 4 is 58.0 Å². The summed E-state index contributed by atoms with van der Waals surface area (Å²) >= 11 is 25.5. The van der Waals surface area contributed by atoms with Gasteiger partial charge in [0.1, 0.15) is 19.8 Å². The van der Waals surface area contributed by atoms with Gasteiger partial charge in [0.05, 0.1) is 7.11 Å². The predicted molar refractivity (Wildman–Crippen MR) is 106 cm³/mol. The zero-order chi connectivity index (χ0) is 20.1. The average Bonchev–Trinajstić information content (AvgIpc) is 2.67. The minimum atomic E-state index is -2.01. The molecule has 142 valence electrons. The van der Waals surface area contributed by atoms with Crippen LogP contribution in [0.5, 0.6) is 11.5 Å². The Hall–Kier alpha value is -1.46. The molecule has 1 aromatic rings. The molecule has 0 heterocycles. The summed E-state index contributed by atoms with van der Waals surface area (Å²) in [7, 11) is 1.39. The Labute approximate surface area is 176 Å². The van der Waals surface area contributed by atoms with E-state index in [1.165, 1.54) is 13.2 Å². The van der Waals surface area contributed by atoms with Gasteiger partial charge in [0.15, 0.2) is 23.1 Å². The van der Waals surface area contributed by atoms with Crippen molar-refractivity contribution in [2.24, 2.45) is 0 Å². The monoisotopic (exact) mass is 446 g/mol. The molecule has 27 heavy (non-hydrogen) atoms. The molecule has 0 fully saturated rings. The fraction of sp³-hybridized carbons (Fsp3) is 0.263. The molecular weight excluding hydrogens is 434 g/mol. The van der Waals surface area contributed by atoms with E-state index in [0.717, 1.165) is 0 Å². The number of methoxy groups -OCH3 is 1. The third kappa shape index (κ3) is 2.58. The van der Waals surface area contributed by atoms with Crippen molar-refractivity contribution in [1.82, 2.24) is 0 Å². The number of phenols is 1. The van der Waals surface area contributed by atoms with Crippen LogP contribution in [0.25, 0.3) is 0 Å². The van der Waals surface area contributed by atoms with E-state index in [1.54, 1.807) is 24.3 Å². The van der Waals surface area contributed by atoms with Gasteiger partial charge in [-0.3, -0.25) is 9.59 Å². The summed E-state index contributed by atoms with van der Waals surface area (Å²) in [6.45, 7) is 3.75. The number of carbonyl (C=O) groups is 2. The van der Waals surface area contributed by atoms with Crippen LogP contribution in [0.15, 0.2) is 52.6 Å². The van der Waals surface area contributed by atoms with E-state index in [-0.39, 0.29) is 23.5 Å². The van der Waals surface area contributed by atoms with Crippen molar-refractivity contribution in [3.05, 3.63) is 58.1 Å². The molecule has 3 atom stereocenters. The Kier molecular flexibility index (Phi) is 5.15. The summed E-state index contributed by atoms with van der Waals surface area (Å²) in [6, 6.07) is 4.74. The lowest BCUT2D eigenvalue weighted by Gasteiger charge is -2.50. The average molecular weight is 448 g/mol.